The summed E-state index contributed by atoms with van der Waals surface area (Å²) in [4.78, 5) is 1.41. The lowest BCUT2D eigenvalue weighted by molar-refractivity contribution is 0.842. The molecule has 0 amide bonds. The van der Waals surface area contributed by atoms with Crippen molar-refractivity contribution in [2.45, 2.75) is 24.7 Å². The third-order valence-electron chi connectivity index (χ3n) is 1.82. The summed E-state index contributed by atoms with van der Waals surface area (Å²) in [7, 11) is 0. The molecule has 0 radical (unpaired) electrons. The van der Waals surface area contributed by atoms with Gasteiger partial charge < -0.3 is 0 Å². The molecule has 66 valence electrons. The Morgan fingerprint density at radius 3 is 2.50 bits per heavy atom. The topological polar surface area (TPSA) is 0 Å². The molecule has 0 aliphatic heterocycles. The van der Waals surface area contributed by atoms with Crippen molar-refractivity contribution in [1.82, 2.24) is 0 Å². The third-order valence-corrected chi connectivity index (χ3v) is 3.28. The Morgan fingerprint density at radius 1 is 1.33 bits per heavy atom. The van der Waals surface area contributed by atoms with Crippen LogP contribution >= 0.6 is 34.4 Å². The van der Waals surface area contributed by atoms with E-state index in [9.17, 15) is 0 Å². The first kappa shape index (κ1) is 10.4. The molecular weight excluding hydrogens is 279 g/mol. The van der Waals surface area contributed by atoms with E-state index in [-0.39, 0.29) is 0 Å². The van der Waals surface area contributed by atoms with Crippen LogP contribution in [0.25, 0.3) is 0 Å². The molecule has 0 spiro atoms. The van der Waals surface area contributed by atoms with Crippen LogP contribution in [0.4, 0.5) is 0 Å². The van der Waals surface area contributed by atoms with Gasteiger partial charge in [-0.05, 0) is 52.5 Å². The molecule has 1 rings (SSSR count). The normalized spacial score (nSPS) is 10.8. The first-order valence-electron chi connectivity index (χ1n) is 3.98. The van der Waals surface area contributed by atoms with Crippen LogP contribution in [0, 0.1) is 3.57 Å². The second-order valence-corrected chi connectivity index (χ2v) is 5.13. The summed E-state index contributed by atoms with van der Waals surface area (Å²) in [6.45, 7) is 4.48. The fourth-order valence-electron chi connectivity index (χ4n) is 1.16. The van der Waals surface area contributed by atoms with E-state index in [2.05, 4.69) is 60.9 Å². The third kappa shape index (κ3) is 2.39. The highest BCUT2D eigenvalue weighted by atomic mass is 127. The summed E-state index contributed by atoms with van der Waals surface area (Å²) in [5.74, 6) is 0.629. The number of hydrogen-bond acceptors (Lipinski definition) is 1. The molecule has 0 saturated carbocycles. The number of benzene rings is 1. The van der Waals surface area contributed by atoms with E-state index in [1.54, 1.807) is 0 Å². The summed E-state index contributed by atoms with van der Waals surface area (Å²) in [5.41, 5.74) is 1.46. The van der Waals surface area contributed by atoms with E-state index in [1.165, 1.54) is 14.0 Å². The van der Waals surface area contributed by atoms with Crippen molar-refractivity contribution in [2.24, 2.45) is 0 Å². The van der Waals surface area contributed by atoms with Gasteiger partial charge in [-0.1, -0.05) is 19.9 Å². The molecule has 1 aromatic carbocycles. The molecule has 1 aromatic rings. The van der Waals surface area contributed by atoms with Crippen molar-refractivity contribution in [3.8, 4) is 0 Å². The molecule has 0 aromatic heterocycles. The smallest absolute Gasteiger partial charge is 0.0141 e. The van der Waals surface area contributed by atoms with Crippen LogP contribution in [0.15, 0.2) is 23.1 Å². The number of halogens is 1. The van der Waals surface area contributed by atoms with E-state index in [0.29, 0.717) is 5.92 Å². The quantitative estimate of drug-likeness (QED) is 0.583. The maximum absolute atomic E-state index is 2.36. The highest BCUT2D eigenvalue weighted by Gasteiger charge is 2.05. The van der Waals surface area contributed by atoms with Gasteiger partial charge in [-0.15, -0.1) is 11.8 Å². The Morgan fingerprint density at radius 2 is 2.00 bits per heavy atom. The van der Waals surface area contributed by atoms with Gasteiger partial charge in [-0.2, -0.15) is 0 Å². The molecule has 0 aliphatic carbocycles. The molecule has 0 fully saturated rings. The predicted octanol–water partition coefficient (Wildman–Crippen LogP) is 4.14. The summed E-state index contributed by atoms with van der Waals surface area (Å²) in [5, 5.41) is 0. The maximum Gasteiger partial charge on any atom is 0.0141 e. The van der Waals surface area contributed by atoms with Crippen molar-refractivity contribution in [3.05, 3.63) is 27.3 Å². The van der Waals surface area contributed by atoms with Crippen molar-refractivity contribution < 1.29 is 0 Å². The largest absolute Gasteiger partial charge is 0.129 e. The van der Waals surface area contributed by atoms with Crippen LogP contribution in [-0.2, 0) is 0 Å². The van der Waals surface area contributed by atoms with Crippen LogP contribution in [0.3, 0.4) is 0 Å². The van der Waals surface area contributed by atoms with Crippen molar-refractivity contribution in [1.29, 1.82) is 0 Å². The van der Waals surface area contributed by atoms with Crippen molar-refractivity contribution >= 4 is 34.4 Å². The summed E-state index contributed by atoms with van der Waals surface area (Å²) < 4.78 is 1.32. The molecule has 0 bridgehead atoms. The van der Waals surface area contributed by atoms with Gasteiger partial charge in [-0.3, -0.25) is 0 Å². The van der Waals surface area contributed by atoms with Gasteiger partial charge in [0, 0.05) is 8.47 Å². The highest BCUT2D eigenvalue weighted by molar-refractivity contribution is 14.1. The van der Waals surface area contributed by atoms with Gasteiger partial charge >= 0.3 is 0 Å². The molecule has 12 heavy (non-hydrogen) atoms. The highest BCUT2D eigenvalue weighted by Crippen LogP contribution is 2.28. The summed E-state index contributed by atoms with van der Waals surface area (Å²) in [6.07, 6.45) is 2.14. The number of hydrogen-bond donors (Lipinski definition) is 0. The second-order valence-electron chi connectivity index (χ2n) is 3.04. The number of rotatable bonds is 2. The molecule has 0 unspecified atom stereocenters. The average Bonchev–Trinajstić information content (AvgIpc) is 2.03. The van der Waals surface area contributed by atoms with E-state index in [1.807, 2.05) is 11.8 Å². The average molecular weight is 292 g/mol. The van der Waals surface area contributed by atoms with Crippen LogP contribution in [0.5, 0.6) is 0 Å². The van der Waals surface area contributed by atoms with Gasteiger partial charge in [0.2, 0.25) is 0 Å². The maximum atomic E-state index is 2.36. The Balaban J connectivity index is 3.11. The van der Waals surface area contributed by atoms with E-state index >= 15 is 0 Å². The molecule has 0 N–H and O–H groups in total. The first-order valence-corrected chi connectivity index (χ1v) is 6.29. The lowest BCUT2D eigenvalue weighted by Crippen LogP contribution is -1.90. The van der Waals surface area contributed by atoms with Gasteiger partial charge in [-0.25, -0.2) is 0 Å². The van der Waals surface area contributed by atoms with Crippen LogP contribution in [0.1, 0.15) is 25.3 Å². The molecule has 0 aliphatic rings. The fraction of sp³-hybridized carbons (Fsp3) is 0.400. The zero-order valence-corrected chi connectivity index (χ0v) is 10.6. The van der Waals surface area contributed by atoms with Crippen LogP contribution in [0.2, 0.25) is 0 Å². The first-order chi connectivity index (χ1) is 5.65. The van der Waals surface area contributed by atoms with Gasteiger partial charge in [0.1, 0.15) is 0 Å². The fourth-order valence-corrected chi connectivity index (χ4v) is 2.65. The lowest BCUT2D eigenvalue weighted by atomic mass is 10.0. The molecule has 0 heterocycles. The molecular formula is C10H13IS. The standard InChI is InChI=1S/C10H13IS/c1-7(2)9-5-4-8(11)6-10(9)12-3/h4-7H,1-3H3. The van der Waals surface area contributed by atoms with Crippen molar-refractivity contribution in [3.63, 3.8) is 0 Å². The molecule has 0 atom stereocenters. The second kappa shape index (κ2) is 4.51. The Kier molecular flexibility index (Phi) is 3.90. The summed E-state index contributed by atoms with van der Waals surface area (Å²) >= 11 is 4.19. The minimum atomic E-state index is 0.629. The van der Waals surface area contributed by atoms with E-state index in [0.717, 1.165) is 0 Å². The van der Waals surface area contributed by atoms with E-state index in [4.69, 9.17) is 0 Å². The van der Waals surface area contributed by atoms with Crippen LogP contribution < -0.4 is 0 Å². The molecule has 0 saturated heterocycles. The predicted molar refractivity (Wildman–Crippen MR) is 65.0 cm³/mol. The Labute approximate surface area is 92.3 Å². The van der Waals surface area contributed by atoms with Crippen LogP contribution in [-0.4, -0.2) is 6.26 Å². The van der Waals surface area contributed by atoms with Crippen molar-refractivity contribution in [2.75, 3.05) is 6.26 Å². The minimum absolute atomic E-state index is 0.629. The SMILES string of the molecule is CSc1cc(I)ccc1C(C)C. The van der Waals surface area contributed by atoms with Gasteiger partial charge in [0.25, 0.3) is 0 Å². The Bertz CT molecular complexity index is 269. The zero-order valence-electron chi connectivity index (χ0n) is 7.60. The molecule has 0 nitrogen and oxygen atoms in total. The summed E-state index contributed by atoms with van der Waals surface area (Å²) in [6, 6.07) is 6.66. The monoisotopic (exact) mass is 292 g/mol. The Hall–Kier alpha value is 0.300. The minimum Gasteiger partial charge on any atom is -0.129 e. The number of thioether (sulfide) groups is 1. The zero-order chi connectivity index (χ0) is 9.14. The van der Waals surface area contributed by atoms with Gasteiger partial charge in [0.15, 0.2) is 0 Å². The van der Waals surface area contributed by atoms with E-state index < -0.39 is 0 Å². The molecule has 2 heteroatoms. The lowest BCUT2D eigenvalue weighted by Gasteiger charge is -2.10. The van der Waals surface area contributed by atoms with Gasteiger partial charge in [0.05, 0.1) is 0 Å².